The van der Waals surface area contributed by atoms with Crippen molar-refractivity contribution in [3.8, 4) is 0 Å². The average Bonchev–Trinajstić information content (AvgIpc) is 3.08. The Kier molecular flexibility index (Phi) is 9.15. The summed E-state index contributed by atoms with van der Waals surface area (Å²) in [6.07, 6.45) is 11.1. The van der Waals surface area contributed by atoms with Gasteiger partial charge in [0.2, 0.25) is 0 Å². The lowest BCUT2D eigenvalue weighted by molar-refractivity contribution is 0.329. The van der Waals surface area contributed by atoms with Crippen LogP contribution in [0.15, 0.2) is 11.3 Å². The molecule has 0 unspecified atom stereocenters. The fraction of sp³-hybridized carbons (Fsp3) is 0.833. The number of aryl methyl sites for hydroxylation is 1. The van der Waals surface area contributed by atoms with Gasteiger partial charge in [0.15, 0.2) is 5.96 Å². The number of rotatable bonds is 9. The van der Waals surface area contributed by atoms with Gasteiger partial charge in [-0.1, -0.05) is 13.8 Å². The molecule has 0 spiro atoms. The first kappa shape index (κ1) is 20.1. The van der Waals surface area contributed by atoms with E-state index in [2.05, 4.69) is 45.5 Å². The van der Waals surface area contributed by atoms with Crippen molar-refractivity contribution in [2.24, 2.45) is 10.9 Å². The summed E-state index contributed by atoms with van der Waals surface area (Å²) in [6, 6.07) is 0.559. The van der Waals surface area contributed by atoms with Crippen LogP contribution in [-0.4, -0.2) is 51.9 Å². The summed E-state index contributed by atoms with van der Waals surface area (Å²) in [6.45, 7) is 7.05. The highest BCUT2D eigenvalue weighted by Crippen LogP contribution is 2.23. The summed E-state index contributed by atoms with van der Waals surface area (Å²) < 4.78 is 2.11. The van der Waals surface area contributed by atoms with Gasteiger partial charge in [-0.15, -0.1) is 10.2 Å². The van der Waals surface area contributed by atoms with Crippen molar-refractivity contribution in [2.75, 3.05) is 25.1 Å². The number of guanidine groups is 1. The van der Waals surface area contributed by atoms with Crippen LogP contribution < -0.4 is 10.6 Å². The summed E-state index contributed by atoms with van der Waals surface area (Å²) in [4.78, 5) is 4.78. The van der Waals surface area contributed by atoms with Crippen LogP contribution in [0, 0.1) is 5.92 Å². The molecule has 0 bridgehead atoms. The van der Waals surface area contributed by atoms with Crippen molar-refractivity contribution in [1.29, 1.82) is 0 Å². The summed E-state index contributed by atoms with van der Waals surface area (Å²) in [5, 5.41) is 15.3. The van der Waals surface area contributed by atoms with Gasteiger partial charge in [-0.3, -0.25) is 4.99 Å². The van der Waals surface area contributed by atoms with E-state index in [0.29, 0.717) is 6.04 Å². The van der Waals surface area contributed by atoms with Crippen LogP contribution in [0.5, 0.6) is 0 Å². The third-order valence-electron chi connectivity index (χ3n) is 4.79. The highest BCUT2D eigenvalue weighted by Gasteiger charge is 2.18. The smallest absolute Gasteiger partial charge is 0.191 e. The molecule has 1 aromatic heterocycles. The first-order chi connectivity index (χ1) is 12.2. The largest absolute Gasteiger partial charge is 0.355 e. The summed E-state index contributed by atoms with van der Waals surface area (Å²) in [7, 11) is 0. The number of aliphatic imine (C=N–C) groups is 1. The summed E-state index contributed by atoms with van der Waals surface area (Å²) >= 11 is 1.88. The Morgan fingerprint density at radius 3 is 2.88 bits per heavy atom. The zero-order chi connectivity index (χ0) is 17.9. The summed E-state index contributed by atoms with van der Waals surface area (Å²) in [5.74, 6) is 4.04. The molecule has 0 radical (unpaired) electrons. The van der Waals surface area contributed by atoms with E-state index in [4.69, 9.17) is 4.99 Å². The predicted molar refractivity (Wildman–Crippen MR) is 107 cm³/mol. The predicted octanol–water partition coefficient (Wildman–Crippen LogP) is 2.71. The number of hydrogen-bond acceptors (Lipinski definition) is 4. The Morgan fingerprint density at radius 2 is 2.16 bits per heavy atom. The third-order valence-corrected chi connectivity index (χ3v) is 5.49. The van der Waals surface area contributed by atoms with Crippen LogP contribution in [-0.2, 0) is 13.0 Å². The molecule has 6 nitrogen and oxygen atoms in total. The lowest BCUT2D eigenvalue weighted by Gasteiger charge is -2.28. The quantitative estimate of drug-likeness (QED) is 0.400. The Bertz CT molecular complexity index is 507. The molecule has 1 fully saturated rings. The molecule has 7 heteroatoms. The van der Waals surface area contributed by atoms with Gasteiger partial charge in [-0.05, 0) is 50.0 Å². The van der Waals surface area contributed by atoms with Gasteiger partial charge in [0.25, 0.3) is 0 Å². The zero-order valence-corrected chi connectivity index (χ0v) is 16.8. The van der Waals surface area contributed by atoms with Crippen LogP contribution in [0.25, 0.3) is 0 Å². The maximum absolute atomic E-state index is 4.78. The standard InChI is InChI=1S/C18H34N6S/c1-4-17-23-21-14-24(17)12-11-20-18(19-10-5-13-25-3)22-16-8-6-15(2)7-9-16/h14-16H,4-13H2,1-3H3,(H2,19,20,22). The molecule has 0 saturated heterocycles. The van der Waals surface area contributed by atoms with E-state index in [9.17, 15) is 0 Å². The first-order valence-corrected chi connectivity index (χ1v) is 11.0. The van der Waals surface area contributed by atoms with Crippen molar-refractivity contribution in [3.63, 3.8) is 0 Å². The van der Waals surface area contributed by atoms with E-state index in [1.165, 1.54) is 25.7 Å². The van der Waals surface area contributed by atoms with Crippen molar-refractivity contribution in [2.45, 2.75) is 65.0 Å². The number of nitrogens with zero attached hydrogens (tertiary/aromatic N) is 4. The number of nitrogens with one attached hydrogen (secondary N) is 2. The monoisotopic (exact) mass is 366 g/mol. The fourth-order valence-electron chi connectivity index (χ4n) is 3.18. The van der Waals surface area contributed by atoms with Crippen LogP contribution in [0.4, 0.5) is 0 Å². The van der Waals surface area contributed by atoms with Crippen LogP contribution in [0.1, 0.15) is 51.8 Å². The second-order valence-electron chi connectivity index (χ2n) is 6.90. The molecular weight excluding hydrogens is 332 g/mol. The molecule has 1 saturated carbocycles. The molecule has 1 aliphatic carbocycles. The van der Waals surface area contributed by atoms with E-state index < -0.39 is 0 Å². The number of thioether (sulfide) groups is 1. The zero-order valence-electron chi connectivity index (χ0n) is 16.0. The Labute approximate surface area is 156 Å². The lowest BCUT2D eigenvalue weighted by Crippen LogP contribution is -2.45. The Morgan fingerprint density at radius 1 is 1.36 bits per heavy atom. The maximum Gasteiger partial charge on any atom is 0.191 e. The molecule has 0 aliphatic heterocycles. The molecule has 2 rings (SSSR count). The minimum Gasteiger partial charge on any atom is -0.355 e. The van der Waals surface area contributed by atoms with E-state index in [0.717, 1.165) is 55.9 Å². The highest BCUT2D eigenvalue weighted by molar-refractivity contribution is 7.98. The van der Waals surface area contributed by atoms with Crippen molar-refractivity contribution in [3.05, 3.63) is 12.2 Å². The minimum atomic E-state index is 0.559. The minimum absolute atomic E-state index is 0.559. The second kappa shape index (κ2) is 11.4. The van der Waals surface area contributed by atoms with Crippen LogP contribution in [0.2, 0.25) is 0 Å². The van der Waals surface area contributed by atoms with Gasteiger partial charge in [0.05, 0.1) is 0 Å². The topological polar surface area (TPSA) is 67.1 Å². The van der Waals surface area contributed by atoms with Crippen molar-refractivity contribution in [1.82, 2.24) is 25.4 Å². The van der Waals surface area contributed by atoms with E-state index >= 15 is 0 Å². The Balaban J connectivity index is 1.82. The third kappa shape index (κ3) is 7.26. The summed E-state index contributed by atoms with van der Waals surface area (Å²) in [5.41, 5.74) is 0. The normalized spacial score (nSPS) is 21.3. The van der Waals surface area contributed by atoms with E-state index in [1.54, 1.807) is 0 Å². The lowest BCUT2D eigenvalue weighted by atomic mass is 9.87. The Hall–Kier alpha value is -1.24. The maximum atomic E-state index is 4.78. The highest BCUT2D eigenvalue weighted by atomic mass is 32.2. The van der Waals surface area contributed by atoms with Gasteiger partial charge in [0.1, 0.15) is 12.2 Å². The molecule has 0 atom stereocenters. The van der Waals surface area contributed by atoms with E-state index in [1.807, 2.05) is 18.1 Å². The molecule has 1 aromatic rings. The molecule has 0 amide bonds. The van der Waals surface area contributed by atoms with Crippen molar-refractivity contribution < 1.29 is 0 Å². The van der Waals surface area contributed by atoms with Gasteiger partial charge < -0.3 is 15.2 Å². The van der Waals surface area contributed by atoms with Crippen molar-refractivity contribution >= 4 is 17.7 Å². The van der Waals surface area contributed by atoms with Crippen LogP contribution in [0.3, 0.4) is 0 Å². The molecule has 142 valence electrons. The van der Waals surface area contributed by atoms with Crippen LogP contribution >= 0.6 is 11.8 Å². The average molecular weight is 367 g/mol. The molecule has 0 aromatic carbocycles. The molecule has 2 N–H and O–H groups in total. The number of aromatic nitrogens is 3. The molecule has 1 heterocycles. The fourth-order valence-corrected chi connectivity index (χ4v) is 3.60. The van der Waals surface area contributed by atoms with E-state index in [-0.39, 0.29) is 0 Å². The SMILES string of the molecule is CCc1nncn1CCNC(=NCCCSC)NC1CCC(C)CC1. The molecular formula is C18H34N6S. The second-order valence-corrected chi connectivity index (χ2v) is 7.88. The number of hydrogen-bond donors (Lipinski definition) is 2. The molecule has 1 aliphatic rings. The van der Waals surface area contributed by atoms with Gasteiger partial charge in [-0.25, -0.2) is 0 Å². The van der Waals surface area contributed by atoms with Gasteiger partial charge in [-0.2, -0.15) is 11.8 Å². The van der Waals surface area contributed by atoms with Gasteiger partial charge in [0, 0.05) is 32.1 Å². The molecule has 25 heavy (non-hydrogen) atoms. The first-order valence-electron chi connectivity index (χ1n) is 9.63. The van der Waals surface area contributed by atoms with Gasteiger partial charge >= 0.3 is 0 Å².